The zero-order valence-electron chi connectivity index (χ0n) is 10.6. The van der Waals surface area contributed by atoms with Gasteiger partial charge in [0.1, 0.15) is 0 Å². The Morgan fingerprint density at radius 1 is 1.44 bits per heavy atom. The van der Waals surface area contributed by atoms with E-state index in [1.54, 1.807) is 0 Å². The highest BCUT2D eigenvalue weighted by Gasteiger charge is 2.23. The van der Waals surface area contributed by atoms with E-state index in [1.165, 1.54) is 9.75 Å². The molecule has 1 atom stereocenters. The number of thiophene rings is 1. The van der Waals surface area contributed by atoms with Gasteiger partial charge in [-0.3, -0.25) is 9.89 Å². The molecule has 0 aromatic carbocycles. The highest BCUT2D eigenvalue weighted by molar-refractivity contribution is 7.12. The molecule has 18 heavy (non-hydrogen) atoms. The van der Waals surface area contributed by atoms with Crippen molar-refractivity contribution >= 4 is 17.3 Å². The minimum absolute atomic E-state index is 0.154. The molecule has 1 aliphatic heterocycles. The first-order valence-electron chi connectivity index (χ1n) is 6.10. The van der Waals surface area contributed by atoms with Crippen LogP contribution in [0.4, 0.5) is 0 Å². The van der Waals surface area contributed by atoms with E-state index in [0.717, 1.165) is 26.3 Å². The van der Waals surface area contributed by atoms with Gasteiger partial charge in [-0.2, -0.15) is 0 Å². The van der Waals surface area contributed by atoms with Crippen LogP contribution in [-0.4, -0.2) is 43.7 Å². The van der Waals surface area contributed by atoms with Crippen LogP contribution in [0, 0.1) is 6.92 Å². The van der Waals surface area contributed by atoms with Crippen LogP contribution in [0.2, 0.25) is 0 Å². The lowest BCUT2D eigenvalue weighted by Gasteiger charge is -2.33. The lowest BCUT2D eigenvalue weighted by atomic mass is 10.2. The summed E-state index contributed by atoms with van der Waals surface area (Å²) in [6.07, 6.45) is 0. The summed E-state index contributed by atoms with van der Waals surface area (Å²) in [6.45, 7) is 6.15. The summed E-state index contributed by atoms with van der Waals surface area (Å²) in [5, 5.41) is 0. The summed E-state index contributed by atoms with van der Waals surface area (Å²) in [7, 11) is 0. The Morgan fingerprint density at radius 3 is 2.72 bits per heavy atom. The van der Waals surface area contributed by atoms with Crippen LogP contribution in [0.1, 0.15) is 15.8 Å². The molecule has 4 N–H and O–H groups in total. The van der Waals surface area contributed by atoms with Crippen molar-refractivity contribution in [2.75, 3.05) is 32.8 Å². The second kappa shape index (κ2) is 6.17. The molecule has 0 radical (unpaired) electrons. The average Bonchev–Trinajstić information content (AvgIpc) is 2.77. The van der Waals surface area contributed by atoms with Crippen molar-refractivity contribution in [1.82, 2.24) is 4.90 Å². The van der Waals surface area contributed by atoms with E-state index in [-0.39, 0.29) is 12.0 Å². The molecule has 5 nitrogen and oxygen atoms in total. The number of nitrogens with two attached hydrogens (primary N) is 2. The zero-order chi connectivity index (χ0) is 13.0. The standard InChI is InChI=1S/C12H20N4OS/c1-9-2-3-11(18-9)10(8-15-12(13)14)16-4-6-17-7-5-16/h2-3,10H,4-8H2,1H3,(H4,13,14,15). The first-order valence-corrected chi connectivity index (χ1v) is 6.92. The number of rotatable bonds is 4. The third kappa shape index (κ3) is 3.44. The van der Waals surface area contributed by atoms with E-state index >= 15 is 0 Å². The largest absolute Gasteiger partial charge is 0.379 e. The fourth-order valence-corrected chi connectivity index (χ4v) is 3.10. The predicted octanol–water partition coefficient (Wildman–Crippen LogP) is 0.703. The Hall–Kier alpha value is -1.11. The molecule has 1 aliphatic rings. The molecular formula is C12H20N4OS. The Labute approximate surface area is 111 Å². The van der Waals surface area contributed by atoms with Gasteiger partial charge in [0.15, 0.2) is 5.96 Å². The van der Waals surface area contributed by atoms with Crippen LogP contribution in [-0.2, 0) is 4.74 Å². The molecule has 1 unspecified atom stereocenters. The molecular weight excluding hydrogens is 248 g/mol. The Bertz CT molecular complexity index is 408. The zero-order valence-corrected chi connectivity index (χ0v) is 11.4. The van der Waals surface area contributed by atoms with Gasteiger partial charge < -0.3 is 16.2 Å². The fraction of sp³-hybridized carbons (Fsp3) is 0.583. The maximum atomic E-state index is 5.44. The number of ether oxygens (including phenoxy) is 1. The quantitative estimate of drug-likeness (QED) is 0.622. The summed E-state index contributed by atoms with van der Waals surface area (Å²) in [6, 6.07) is 4.57. The van der Waals surface area contributed by atoms with Gasteiger partial charge >= 0.3 is 0 Å². The lowest BCUT2D eigenvalue weighted by Crippen LogP contribution is -2.40. The van der Waals surface area contributed by atoms with Gasteiger partial charge in [-0.25, -0.2) is 0 Å². The van der Waals surface area contributed by atoms with Crippen molar-refractivity contribution in [3.05, 3.63) is 21.9 Å². The Balaban J connectivity index is 2.13. The van der Waals surface area contributed by atoms with Gasteiger partial charge in [-0.15, -0.1) is 11.3 Å². The number of nitrogens with zero attached hydrogens (tertiary/aromatic N) is 2. The first-order chi connectivity index (χ1) is 8.66. The van der Waals surface area contributed by atoms with Crippen LogP contribution >= 0.6 is 11.3 Å². The highest BCUT2D eigenvalue weighted by Crippen LogP contribution is 2.28. The van der Waals surface area contributed by atoms with Crippen LogP contribution in [0.25, 0.3) is 0 Å². The molecule has 1 saturated heterocycles. The maximum Gasteiger partial charge on any atom is 0.185 e. The minimum atomic E-state index is 0.154. The maximum absolute atomic E-state index is 5.44. The van der Waals surface area contributed by atoms with Crippen LogP contribution in [0.3, 0.4) is 0 Å². The molecule has 0 aliphatic carbocycles. The normalized spacial score (nSPS) is 18.5. The second-order valence-corrected chi connectivity index (χ2v) is 5.70. The van der Waals surface area contributed by atoms with E-state index < -0.39 is 0 Å². The molecule has 1 fully saturated rings. The van der Waals surface area contributed by atoms with E-state index in [4.69, 9.17) is 16.2 Å². The molecule has 0 amide bonds. The Kier molecular flexibility index (Phi) is 4.57. The monoisotopic (exact) mass is 268 g/mol. The van der Waals surface area contributed by atoms with Crippen molar-refractivity contribution in [3.8, 4) is 0 Å². The summed E-state index contributed by atoms with van der Waals surface area (Å²) in [4.78, 5) is 9.20. The number of hydrogen-bond donors (Lipinski definition) is 2. The molecule has 2 rings (SSSR count). The first kappa shape index (κ1) is 13.3. The van der Waals surface area contributed by atoms with Crippen LogP contribution < -0.4 is 11.5 Å². The van der Waals surface area contributed by atoms with Crippen molar-refractivity contribution in [2.24, 2.45) is 16.5 Å². The molecule has 0 saturated carbocycles. The van der Waals surface area contributed by atoms with Crippen molar-refractivity contribution < 1.29 is 4.74 Å². The summed E-state index contributed by atoms with van der Waals surface area (Å²) in [5.74, 6) is 0.154. The summed E-state index contributed by atoms with van der Waals surface area (Å²) < 4.78 is 5.39. The van der Waals surface area contributed by atoms with E-state index in [1.807, 2.05) is 11.3 Å². The Morgan fingerprint density at radius 2 is 2.17 bits per heavy atom. The van der Waals surface area contributed by atoms with Crippen molar-refractivity contribution in [2.45, 2.75) is 13.0 Å². The molecule has 0 spiro atoms. The number of guanidine groups is 1. The highest BCUT2D eigenvalue weighted by atomic mass is 32.1. The van der Waals surface area contributed by atoms with Gasteiger partial charge in [-0.05, 0) is 19.1 Å². The molecule has 2 heterocycles. The lowest BCUT2D eigenvalue weighted by molar-refractivity contribution is 0.0187. The average molecular weight is 268 g/mol. The minimum Gasteiger partial charge on any atom is -0.379 e. The smallest absolute Gasteiger partial charge is 0.185 e. The van der Waals surface area contributed by atoms with Crippen LogP contribution in [0.15, 0.2) is 17.1 Å². The molecule has 6 heteroatoms. The summed E-state index contributed by atoms with van der Waals surface area (Å²) >= 11 is 1.81. The second-order valence-electron chi connectivity index (χ2n) is 4.38. The van der Waals surface area contributed by atoms with Crippen LogP contribution in [0.5, 0.6) is 0 Å². The third-order valence-electron chi connectivity index (χ3n) is 3.02. The number of hydrogen-bond acceptors (Lipinski definition) is 4. The van der Waals surface area contributed by atoms with Gasteiger partial charge in [0.05, 0.1) is 25.8 Å². The fourth-order valence-electron chi connectivity index (χ4n) is 2.10. The molecule has 1 aromatic heterocycles. The van der Waals surface area contributed by atoms with Gasteiger partial charge in [0.2, 0.25) is 0 Å². The number of aliphatic imine (C=N–C) groups is 1. The van der Waals surface area contributed by atoms with Crippen molar-refractivity contribution in [3.63, 3.8) is 0 Å². The topological polar surface area (TPSA) is 76.9 Å². The summed E-state index contributed by atoms with van der Waals surface area (Å²) in [5.41, 5.74) is 10.9. The van der Waals surface area contributed by atoms with E-state index in [2.05, 4.69) is 28.9 Å². The van der Waals surface area contributed by atoms with E-state index in [0.29, 0.717) is 6.54 Å². The molecule has 100 valence electrons. The third-order valence-corrected chi connectivity index (χ3v) is 4.12. The van der Waals surface area contributed by atoms with Crippen molar-refractivity contribution in [1.29, 1.82) is 0 Å². The SMILES string of the molecule is Cc1ccc(C(CN=C(N)N)N2CCOCC2)s1. The van der Waals surface area contributed by atoms with Gasteiger partial charge in [-0.1, -0.05) is 0 Å². The van der Waals surface area contributed by atoms with E-state index in [9.17, 15) is 0 Å². The van der Waals surface area contributed by atoms with Gasteiger partial charge in [0, 0.05) is 22.8 Å². The number of aryl methyl sites for hydroxylation is 1. The molecule has 1 aromatic rings. The predicted molar refractivity (Wildman–Crippen MR) is 74.9 cm³/mol. The number of morpholine rings is 1. The molecule has 0 bridgehead atoms. The van der Waals surface area contributed by atoms with Gasteiger partial charge in [0.25, 0.3) is 0 Å².